The molecule has 0 aliphatic carbocycles. The summed E-state index contributed by atoms with van der Waals surface area (Å²) in [5.41, 5.74) is -1.55. The predicted octanol–water partition coefficient (Wildman–Crippen LogP) is 6.66. The number of pyridine rings is 1. The largest absolute Gasteiger partial charge is 0.493 e. The van der Waals surface area contributed by atoms with E-state index in [9.17, 15) is 36.7 Å². The monoisotopic (exact) mass is 828 g/mol. The number of amides is 4. The van der Waals surface area contributed by atoms with E-state index in [4.69, 9.17) is 22.2 Å². The van der Waals surface area contributed by atoms with Crippen molar-refractivity contribution in [2.75, 3.05) is 46.7 Å². The van der Waals surface area contributed by atoms with E-state index < -0.39 is 46.6 Å². The lowest BCUT2D eigenvalue weighted by Gasteiger charge is -2.31. The molecular weight excluding hydrogens is 781 g/mol. The third kappa shape index (κ3) is 9.21. The van der Waals surface area contributed by atoms with E-state index in [1.165, 1.54) is 18.2 Å². The van der Waals surface area contributed by atoms with Gasteiger partial charge in [0.25, 0.3) is 5.91 Å². The number of imide groups is 1. The second-order valence-electron chi connectivity index (χ2n) is 14.9. The van der Waals surface area contributed by atoms with Gasteiger partial charge in [-0.3, -0.25) is 34.3 Å². The standard InChI is InChI=1S/C40H42F4N8O5S.3H2/c1-4-24-15-28(52-38(58)51(37(56)39(52,2)3)29-19-30(40(42,43)44)32(20-45)46-21-29)5-7-33(24)57-14-11-23-9-12-50(13-10-23)22-35(54)48-27-17-25(41)16-26(18-27)47-31-6-8-34(53)49-36(31)55;;;/h5,7,15-19,21,23,31,47H,4,6,8-14,22H2,1-3H3,(H,48,54)(H,49,53,55);3*1H. The van der Waals surface area contributed by atoms with Crippen molar-refractivity contribution in [1.82, 2.24) is 15.2 Å². The van der Waals surface area contributed by atoms with Crippen molar-refractivity contribution >= 4 is 63.7 Å². The predicted molar refractivity (Wildman–Crippen MR) is 217 cm³/mol. The highest BCUT2D eigenvalue weighted by molar-refractivity contribution is 7.81. The maximum absolute atomic E-state index is 14.4. The molecule has 13 nitrogen and oxygen atoms in total. The number of rotatable bonds is 12. The minimum atomic E-state index is -4.86. The van der Waals surface area contributed by atoms with Gasteiger partial charge in [-0.2, -0.15) is 18.4 Å². The first kappa shape index (κ1) is 41.9. The minimum Gasteiger partial charge on any atom is -0.493 e. The summed E-state index contributed by atoms with van der Waals surface area (Å²) >= 11 is 5.67. The van der Waals surface area contributed by atoms with Crippen molar-refractivity contribution in [3.8, 4) is 11.8 Å². The maximum atomic E-state index is 14.4. The number of benzene rings is 2. The highest BCUT2D eigenvalue weighted by Gasteiger charge is 2.51. The molecule has 4 amide bonds. The number of nitriles is 1. The van der Waals surface area contributed by atoms with Gasteiger partial charge in [0.15, 0.2) is 10.8 Å². The van der Waals surface area contributed by atoms with Crippen molar-refractivity contribution in [3.63, 3.8) is 0 Å². The van der Waals surface area contributed by atoms with Crippen LogP contribution in [0.25, 0.3) is 0 Å². The molecule has 0 spiro atoms. The van der Waals surface area contributed by atoms with Gasteiger partial charge in [0, 0.05) is 27.8 Å². The van der Waals surface area contributed by atoms with Crippen molar-refractivity contribution in [1.29, 1.82) is 5.26 Å². The van der Waals surface area contributed by atoms with Crippen LogP contribution in [0.5, 0.6) is 5.75 Å². The van der Waals surface area contributed by atoms with Gasteiger partial charge in [-0.1, -0.05) is 6.92 Å². The molecule has 1 atom stereocenters. The van der Waals surface area contributed by atoms with Crippen LogP contribution in [-0.4, -0.2) is 76.4 Å². The summed E-state index contributed by atoms with van der Waals surface area (Å²) in [7, 11) is 0. The first-order valence-electron chi connectivity index (χ1n) is 18.8. The molecule has 4 heterocycles. The fraction of sp³-hybridized carbons (Fsp3) is 0.425. The van der Waals surface area contributed by atoms with E-state index in [1.54, 1.807) is 36.9 Å². The third-order valence-corrected chi connectivity index (χ3v) is 10.9. The van der Waals surface area contributed by atoms with Crippen molar-refractivity contribution in [2.45, 2.75) is 77.1 Å². The second-order valence-corrected chi connectivity index (χ2v) is 15.3. The Morgan fingerprint density at radius 1 is 1.09 bits per heavy atom. The summed E-state index contributed by atoms with van der Waals surface area (Å²) in [5.74, 6) is -1.26. The number of nitrogens with zero attached hydrogens (tertiary/aromatic N) is 5. The van der Waals surface area contributed by atoms with Gasteiger partial charge in [-0.25, -0.2) is 9.37 Å². The Labute approximate surface area is 342 Å². The molecule has 6 rings (SSSR count). The average Bonchev–Trinajstić information content (AvgIpc) is 3.34. The van der Waals surface area contributed by atoms with Gasteiger partial charge >= 0.3 is 6.18 Å². The Balaban J connectivity index is 0.00000331. The number of alkyl halides is 3. The number of anilines is 4. The van der Waals surface area contributed by atoms with Crippen LogP contribution in [0, 0.1) is 23.1 Å². The molecule has 3 N–H and O–H groups in total. The lowest BCUT2D eigenvalue weighted by atomic mass is 9.94. The number of aryl methyl sites for hydroxylation is 1. The lowest BCUT2D eigenvalue weighted by Crippen LogP contribution is -2.47. The highest BCUT2D eigenvalue weighted by Crippen LogP contribution is 2.40. The van der Waals surface area contributed by atoms with E-state index in [2.05, 4.69) is 20.9 Å². The number of carbonyl (C=O) groups is 4. The third-order valence-electron chi connectivity index (χ3n) is 10.5. The number of likely N-dealkylation sites (tertiary alicyclic amines) is 1. The number of thiocarbonyl (C=S) groups is 1. The van der Waals surface area contributed by atoms with Crippen molar-refractivity contribution < 1.29 is 45.8 Å². The molecule has 3 aliphatic rings. The van der Waals surface area contributed by atoms with Crippen LogP contribution in [0.1, 0.15) is 74.0 Å². The van der Waals surface area contributed by atoms with Gasteiger partial charge in [0.1, 0.15) is 29.2 Å². The highest BCUT2D eigenvalue weighted by atomic mass is 32.1. The first-order valence-corrected chi connectivity index (χ1v) is 19.2. The summed E-state index contributed by atoms with van der Waals surface area (Å²) in [5, 5.41) is 17.0. The van der Waals surface area contributed by atoms with Crippen LogP contribution in [-0.2, 0) is 31.8 Å². The van der Waals surface area contributed by atoms with Crippen LogP contribution >= 0.6 is 12.2 Å². The molecular formula is C40H48F4N8O5S. The summed E-state index contributed by atoms with van der Waals surface area (Å²) < 4.78 is 61.8. The number of hydrogen-bond acceptors (Lipinski definition) is 10. The number of halogens is 4. The number of nitrogens with one attached hydrogen (secondary N) is 3. The quantitative estimate of drug-likeness (QED) is 0.102. The molecule has 1 aromatic heterocycles. The van der Waals surface area contributed by atoms with Gasteiger partial charge in [0.05, 0.1) is 30.6 Å². The number of hydrogen-bond donors (Lipinski definition) is 3. The summed E-state index contributed by atoms with van der Waals surface area (Å²) in [6.45, 7) is 7.16. The Hall–Kier alpha value is -5.67. The van der Waals surface area contributed by atoms with Gasteiger partial charge in [0.2, 0.25) is 17.7 Å². The Kier molecular flexibility index (Phi) is 12.3. The molecule has 2 aromatic carbocycles. The SMILES string of the molecule is CCc1cc(N2C(=S)N(c3cnc(C#N)c(C(F)(F)F)c3)C(=O)C2(C)C)ccc1OCCC1CCN(CC(=O)Nc2cc(F)cc(NC3CCC(=O)NC3=O)c2)CC1.[HH].[HH].[HH]. The first-order chi connectivity index (χ1) is 27.5. The summed E-state index contributed by atoms with van der Waals surface area (Å²) in [6.07, 6.45) is -0.317. The van der Waals surface area contributed by atoms with E-state index in [-0.39, 0.29) is 52.0 Å². The molecule has 0 saturated carbocycles. The molecule has 18 heteroatoms. The zero-order chi connectivity index (χ0) is 41.9. The topological polar surface area (TPSA) is 160 Å². The fourth-order valence-electron chi connectivity index (χ4n) is 7.41. The summed E-state index contributed by atoms with van der Waals surface area (Å²) in [4.78, 5) is 58.3. The van der Waals surface area contributed by atoms with Crippen molar-refractivity contribution in [3.05, 3.63) is 71.3 Å². The van der Waals surface area contributed by atoms with E-state index in [0.29, 0.717) is 55.2 Å². The number of ether oxygens (including phenoxy) is 1. The normalized spacial score (nSPS) is 18.9. The molecule has 312 valence electrons. The Morgan fingerprint density at radius 3 is 2.48 bits per heavy atom. The summed E-state index contributed by atoms with van der Waals surface area (Å²) in [6, 6.07) is 10.8. The maximum Gasteiger partial charge on any atom is 0.419 e. The second kappa shape index (κ2) is 17.0. The van der Waals surface area contributed by atoms with E-state index in [0.717, 1.165) is 35.9 Å². The van der Waals surface area contributed by atoms with Gasteiger partial charge in [-0.05, 0) is 125 Å². The zero-order valence-corrected chi connectivity index (χ0v) is 32.9. The van der Waals surface area contributed by atoms with Crippen LogP contribution in [0.4, 0.5) is 40.3 Å². The van der Waals surface area contributed by atoms with Crippen LogP contribution in [0.3, 0.4) is 0 Å². The lowest BCUT2D eigenvalue weighted by molar-refractivity contribution is -0.138. The molecule has 0 bridgehead atoms. The van der Waals surface area contributed by atoms with Crippen LogP contribution in [0.2, 0.25) is 0 Å². The molecule has 3 fully saturated rings. The van der Waals surface area contributed by atoms with Gasteiger partial charge < -0.3 is 20.3 Å². The van der Waals surface area contributed by atoms with E-state index >= 15 is 0 Å². The van der Waals surface area contributed by atoms with Crippen LogP contribution in [0.15, 0.2) is 48.7 Å². The molecule has 3 aliphatic heterocycles. The zero-order valence-electron chi connectivity index (χ0n) is 32.0. The molecule has 0 radical (unpaired) electrons. The van der Waals surface area contributed by atoms with Crippen LogP contribution < -0.4 is 30.5 Å². The molecule has 3 aromatic rings. The average molecular weight is 829 g/mol. The number of piperidine rings is 2. The number of carbonyl (C=O) groups excluding carboxylic acids is 4. The molecule has 1 unspecified atom stereocenters. The number of aromatic nitrogens is 1. The Bertz CT molecular complexity index is 2190. The molecule has 58 heavy (non-hydrogen) atoms. The fourth-order valence-corrected chi connectivity index (χ4v) is 7.93. The molecule has 3 saturated heterocycles. The van der Waals surface area contributed by atoms with E-state index in [1.807, 2.05) is 17.9 Å². The minimum absolute atomic E-state index is 0. The van der Waals surface area contributed by atoms with Gasteiger partial charge in [-0.15, -0.1) is 0 Å². The Morgan fingerprint density at radius 2 is 1.81 bits per heavy atom. The smallest absolute Gasteiger partial charge is 0.419 e. The van der Waals surface area contributed by atoms with Crippen molar-refractivity contribution in [2.24, 2.45) is 5.92 Å².